The molecule has 0 radical (unpaired) electrons. The molecule has 0 atom stereocenters. The molecule has 0 spiro atoms. The van der Waals surface area contributed by atoms with Crippen molar-refractivity contribution < 1.29 is 19.2 Å². The molecule has 0 saturated heterocycles. The molecule has 8 heteroatoms. The van der Waals surface area contributed by atoms with E-state index in [4.69, 9.17) is 9.47 Å². The van der Waals surface area contributed by atoms with Gasteiger partial charge in [-0.2, -0.15) is 5.10 Å². The lowest BCUT2D eigenvalue weighted by atomic mass is 10.2. The number of methoxy groups -OCH3 is 1. The van der Waals surface area contributed by atoms with E-state index in [1.54, 1.807) is 44.4 Å². The van der Waals surface area contributed by atoms with Gasteiger partial charge in [0.2, 0.25) is 0 Å². The van der Waals surface area contributed by atoms with Crippen molar-refractivity contribution >= 4 is 17.8 Å². The SMILES string of the molecule is COc1ccc(C=NNC(=O)COc2ccc(C)cc2[N+](=O)[O-])cc1. The average molecular weight is 343 g/mol. The minimum absolute atomic E-state index is 0.0323. The van der Waals surface area contributed by atoms with E-state index in [2.05, 4.69) is 10.5 Å². The van der Waals surface area contributed by atoms with Crippen LogP contribution < -0.4 is 14.9 Å². The zero-order valence-electron chi connectivity index (χ0n) is 13.8. The normalized spacial score (nSPS) is 10.5. The summed E-state index contributed by atoms with van der Waals surface area (Å²) in [5, 5.41) is 14.8. The number of rotatable bonds is 7. The first-order valence-electron chi connectivity index (χ1n) is 7.33. The van der Waals surface area contributed by atoms with Crippen molar-refractivity contribution in [1.29, 1.82) is 0 Å². The summed E-state index contributed by atoms with van der Waals surface area (Å²) in [5.41, 5.74) is 3.61. The number of carbonyl (C=O) groups excluding carboxylic acids is 1. The maximum atomic E-state index is 11.7. The third-order valence-corrected chi connectivity index (χ3v) is 3.19. The molecule has 1 N–H and O–H groups in total. The number of amides is 1. The highest BCUT2D eigenvalue weighted by Gasteiger charge is 2.16. The van der Waals surface area contributed by atoms with Crippen LogP contribution in [0.4, 0.5) is 5.69 Å². The summed E-state index contributed by atoms with van der Waals surface area (Å²) in [4.78, 5) is 22.1. The molecular formula is C17H17N3O5. The van der Waals surface area contributed by atoms with Gasteiger partial charge in [0.25, 0.3) is 5.91 Å². The van der Waals surface area contributed by atoms with Gasteiger partial charge in [-0.05, 0) is 48.4 Å². The van der Waals surface area contributed by atoms with Crippen molar-refractivity contribution in [3.63, 3.8) is 0 Å². The molecule has 0 aliphatic rings. The number of benzene rings is 2. The standard InChI is InChI=1S/C17H17N3O5/c1-12-3-8-16(15(9-12)20(22)23)25-11-17(21)19-18-10-13-4-6-14(24-2)7-5-13/h3-10H,11H2,1-2H3,(H,19,21). The lowest BCUT2D eigenvalue weighted by Gasteiger charge is -2.06. The van der Waals surface area contributed by atoms with Crippen LogP contribution in [-0.2, 0) is 4.79 Å². The smallest absolute Gasteiger partial charge is 0.311 e. The largest absolute Gasteiger partial charge is 0.497 e. The van der Waals surface area contributed by atoms with Gasteiger partial charge >= 0.3 is 5.69 Å². The van der Waals surface area contributed by atoms with Crippen LogP contribution in [0.1, 0.15) is 11.1 Å². The van der Waals surface area contributed by atoms with Gasteiger partial charge in [-0.3, -0.25) is 14.9 Å². The Morgan fingerprint density at radius 3 is 2.64 bits per heavy atom. The fourth-order valence-corrected chi connectivity index (χ4v) is 1.94. The van der Waals surface area contributed by atoms with Gasteiger partial charge in [-0.25, -0.2) is 5.43 Å². The van der Waals surface area contributed by atoms with E-state index in [-0.39, 0.29) is 18.0 Å². The molecule has 0 aliphatic heterocycles. The van der Waals surface area contributed by atoms with E-state index in [1.165, 1.54) is 18.3 Å². The van der Waals surface area contributed by atoms with Gasteiger partial charge in [-0.1, -0.05) is 6.07 Å². The van der Waals surface area contributed by atoms with Crippen molar-refractivity contribution in [3.05, 3.63) is 63.7 Å². The molecule has 2 aromatic rings. The van der Waals surface area contributed by atoms with Gasteiger partial charge in [0, 0.05) is 6.07 Å². The van der Waals surface area contributed by atoms with Crippen LogP contribution in [0.2, 0.25) is 0 Å². The molecule has 8 nitrogen and oxygen atoms in total. The molecule has 2 aromatic carbocycles. The topological polar surface area (TPSA) is 103 Å². The monoisotopic (exact) mass is 343 g/mol. The maximum Gasteiger partial charge on any atom is 0.311 e. The Kier molecular flexibility index (Phi) is 6.05. The van der Waals surface area contributed by atoms with E-state index < -0.39 is 10.8 Å². The fraction of sp³-hybridized carbons (Fsp3) is 0.176. The number of carbonyl (C=O) groups is 1. The van der Waals surface area contributed by atoms with Crippen LogP contribution in [0.3, 0.4) is 0 Å². The van der Waals surface area contributed by atoms with Crippen molar-refractivity contribution in [2.24, 2.45) is 5.10 Å². The molecule has 25 heavy (non-hydrogen) atoms. The van der Waals surface area contributed by atoms with E-state index in [0.717, 1.165) is 11.1 Å². The highest BCUT2D eigenvalue weighted by Crippen LogP contribution is 2.27. The Morgan fingerprint density at radius 2 is 2.00 bits per heavy atom. The van der Waals surface area contributed by atoms with Gasteiger partial charge in [0.1, 0.15) is 5.75 Å². The van der Waals surface area contributed by atoms with Crippen molar-refractivity contribution in [2.75, 3.05) is 13.7 Å². The first-order chi connectivity index (χ1) is 12.0. The lowest BCUT2D eigenvalue weighted by Crippen LogP contribution is -2.24. The highest BCUT2D eigenvalue weighted by atomic mass is 16.6. The van der Waals surface area contributed by atoms with Gasteiger partial charge < -0.3 is 9.47 Å². The lowest BCUT2D eigenvalue weighted by molar-refractivity contribution is -0.385. The molecule has 0 heterocycles. The summed E-state index contributed by atoms with van der Waals surface area (Å²) >= 11 is 0. The molecule has 1 amide bonds. The number of hydrogen-bond donors (Lipinski definition) is 1. The van der Waals surface area contributed by atoms with Crippen LogP contribution >= 0.6 is 0 Å². The van der Waals surface area contributed by atoms with Crippen molar-refractivity contribution in [2.45, 2.75) is 6.92 Å². The summed E-state index contributed by atoms with van der Waals surface area (Å²) in [6, 6.07) is 11.6. The minimum atomic E-state index is -0.554. The third kappa shape index (κ3) is 5.31. The van der Waals surface area contributed by atoms with Crippen LogP contribution in [0, 0.1) is 17.0 Å². The second kappa shape index (κ2) is 8.44. The predicted octanol–water partition coefficient (Wildman–Crippen LogP) is 2.44. The summed E-state index contributed by atoms with van der Waals surface area (Å²) in [7, 11) is 1.57. The quantitative estimate of drug-likeness (QED) is 0.472. The second-order valence-electron chi connectivity index (χ2n) is 5.08. The molecule has 2 rings (SSSR count). The van der Waals surface area contributed by atoms with E-state index in [9.17, 15) is 14.9 Å². The predicted molar refractivity (Wildman–Crippen MR) is 92.1 cm³/mol. The zero-order chi connectivity index (χ0) is 18.2. The Labute approximate surface area is 144 Å². The number of nitrogens with zero attached hydrogens (tertiary/aromatic N) is 2. The molecule has 0 aliphatic carbocycles. The minimum Gasteiger partial charge on any atom is -0.497 e. The molecule has 0 bridgehead atoms. The number of hydrazone groups is 1. The van der Waals surface area contributed by atoms with E-state index in [0.29, 0.717) is 5.75 Å². The number of ether oxygens (including phenoxy) is 2. The number of nitro groups is 1. The van der Waals surface area contributed by atoms with Crippen LogP contribution in [0.25, 0.3) is 0 Å². The zero-order valence-corrected chi connectivity index (χ0v) is 13.8. The van der Waals surface area contributed by atoms with Gasteiger partial charge in [0.05, 0.1) is 18.2 Å². The number of aryl methyl sites for hydroxylation is 1. The Balaban J connectivity index is 1.88. The Morgan fingerprint density at radius 1 is 1.28 bits per heavy atom. The van der Waals surface area contributed by atoms with E-state index in [1.807, 2.05) is 0 Å². The van der Waals surface area contributed by atoms with Crippen LogP contribution in [-0.4, -0.2) is 30.8 Å². The second-order valence-corrected chi connectivity index (χ2v) is 5.08. The van der Waals surface area contributed by atoms with E-state index >= 15 is 0 Å². The molecule has 0 unspecified atom stereocenters. The summed E-state index contributed by atoms with van der Waals surface area (Å²) in [6.45, 7) is 1.35. The molecular weight excluding hydrogens is 326 g/mol. The van der Waals surface area contributed by atoms with Gasteiger partial charge in [0.15, 0.2) is 12.4 Å². The number of nitro benzene ring substituents is 1. The molecule has 0 saturated carbocycles. The summed E-state index contributed by atoms with van der Waals surface area (Å²) in [6.07, 6.45) is 1.46. The number of hydrogen-bond acceptors (Lipinski definition) is 6. The third-order valence-electron chi connectivity index (χ3n) is 3.19. The maximum absolute atomic E-state index is 11.7. The Bertz CT molecular complexity index is 787. The first-order valence-corrected chi connectivity index (χ1v) is 7.33. The molecule has 0 fully saturated rings. The van der Waals surface area contributed by atoms with Crippen LogP contribution in [0.15, 0.2) is 47.6 Å². The Hall–Kier alpha value is -3.42. The fourth-order valence-electron chi connectivity index (χ4n) is 1.94. The molecule has 130 valence electrons. The average Bonchev–Trinajstić information content (AvgIpc) is 2.61. The van der Waals surface area contributed by atoms with Gasteiger partial charge in [-0.15, -0.1) is 0 Å². The molecule has 0 aromatic heterocycles. The summed E-state index contributed by atoms with van der Waals surface area (Å²) < 4.78 is 10.2. The van der Waals surface area contributed by atoms with Crippen LogP contribution in [0.5, 0.6) is 11.5 Å². The first kappa shape index (κ1) is 17.9. The summed E-state index contributed by atoms with van der Waals surface area (Å²) in [5.74, 6) is 0.221. The highest BCUT2D eigenvalue weighted by molar-refractivity contribution is 5.83. The van der Waals surface area contributed by atoms with Crippen molar-refractivity contribution in [3.8, 4) is 11.5 Å². The number of nitrogens with one attached hydrogen (secondary N) is 1. The van der Waals surface area contributed by atoms with Crippen molar-refractivity contribution in [1.82, 2.24) is 5.43 Å².